The topological polar surface area (TPSA) is 84.5 Å². The molecule has 1 unspecified atom stereocenters. The van der Waals surface area contributed by atoms with Gasteiger partial charge in [-0.25, -0.2) is 0 Å². The molecule has 4 rings (SSSR count). The molecule has 174 valence electrons. The van der Waals surface area contributed by atoms with E-state index in [0.717, 1.165) is 28.8 Å². The van der Waals surface area contributed by atoms with Crippen LogP contribution < -0.4 is 0 Å². The second kappa shape index (κ2) is 10.2. The van der Waals surface area contributed by atoms with Gasteiger partial charge in [-0.1, -0.05) is 29.5 Å². The van der Waals surface area contributed by atoms with Crippen molar-refractivity contribution in [3.63, 3.8) is 0 Å². The van der Waals surface area contributed by atoms with E-state index in [1.807, 2.05) is 23.3 Å². The van der Waals surface area contributed by atoms with E-state index in [4.69, 9.17) is 4.42 Å². The van der Waals surface area contributed by atoms with Gasteiger partial charge >= 0.3 is 0 Å². The van der Waals surface area contributed by atoms with Crippen molar-refractivity contribution in [1.82, 2.24) is 24.6 Å². The summed E-state index contributed by atoms with van der Waals surface area (Å²) in [5.74, 6) is 1.97. The summed E-state index contributed by atoms with van der Waals surface area (Å²) < 4.78 is 7.28. The van der Waals surface area contributed by atoms with Crippen LogP contribution in [0.2, 0.25) is 0 Å². The molecule has 0 aliphatic carbocycles. The maximum Gasteiger partial charge on any atom is 0.289 e. The molecule has 1 fully saturated rings. The highest BCUT2D eigenvalue weighted by Crippen LogP contribution is 2.23. The van der Waals surface area contributed by atoms with Crippen molar-refractivity contribution in [2.45, 2.75) is 44.8 Å². The predicted molar refractivity (Wildman–Crippen MR) is 127 cm³/mol. The Morgan fingerprint density at radius 1 is 1.12 bits per heavy atom. The zero-order chi connectivity index (χ0) is 23.4. The fraction of sp³-hybridized carbons (Fsp3) is 0.417. The van der Waals surface area contributed by atoms with Crippen LogP contribution in [0.4, 0.5) is 0 Å². The minimum Gasteiger partial charge on any atom is -0.459 e. The zero-order valence-corrected chi connectivity index (χ0v) is 20.0. The second-order valence-corrected chi connectivity index (χ2v) is 9.38. The van der Waals surface area contributed by atoms with Gasteiger partial charge in [0.2, 0.25) is 5.91 Å². The Hall–Kier alpha value is -3.07. The number of nitrogens with zero attached hydrogens (tertiary/aromatic N) is 5. The van der Waals surface area contributed by atoms with Crippen LogP contribution in [-0.2, 0) is 4.79 Å². The van der Waals surface area contributed by atoms with Gasteiger partial charge < -0.3 is 14.2 Å². The van der Waals surface area contributed by atoms with Crippen molar-refractivity contribution in [2.24, 2.45) is 0 Å². The Labute approximate surface area is 198 Å². The van der Waals surface area contributed by atoms with Crippen LogP contribution >= 0.6 is 11.8 Å². The summed E-state index contributed by atoms with van der Waals surface area (Å²) in [7, 11) is 0. The van der Waals surface area contributed by atoms with E-state index in [1.54, 1.807) is 28.8 Å². The number of amides is 2. The first-order chi connectivity index (χ1) is 15.9. The van der Waals surface area contributed by atoms with Gasteiger partial charge in [0.15, 0.2) is 10.9 Å². The van der Waals surface area contributed by atoms with E-state index in [1.165, 1.54) is 11.8 Å². The lowest BCUT2D eigenvalue weighted by Gasteiger charge is -2.39. The number of carbonyl (C=O) groups excluding carboxylic acids is 2. The molecule has 0 saturated carbocycles. The molecule has 3 heterocycles. The quantitative estimate of drug-likeness (QED) is 0.389. The van der Waals surface area contributed by atoms with E-state index in [9.17, 15) is 9.59 Å². The molecule has 1 aromatic carbocycles. The smallest absolute Gasteiger partial charge is 0.289 e. The highest BCUT2D eigenvalue weighted by Gasteiger charge is 2.31. The van der Waals surface area contributed by atoms with Crippen LogP contribution in [0.15, 0.2) is 52.2 Å². The average Bonchev–Trinajstić information content (AvgIpc) is 3.47. The summed E-state index contributed by atoms with van der Waals surface area (Å²) in [6, 6.07) is 11.6. The van der Waals surface area contributed by atoms with E-state index in [0.29, 0.717) is 31.8 Å². The second-order valence-electron chi connectivity index (χ2n) is 8.32. The summed E-state index contributed by atoms with van der Waals surface area (Å²) in [6.45, 7) is 7.57. The lowest BCUT2D eigenvalue weighted by Crippen LogP contribution is -2.55. The van der Waals surface area contributed by atoms with Crippen LogP contribution in [-0.4, -0.2) is 67.8 Å². The fourth-order valence-corrected chi connectivity index (χ4v) is 4.94. The van der Waals surface area contributed by atoms with Crippen molar-refractivity contribution >= 4 is 23.6 Å². The number of carbonyl (C=O) groups is 2. The van der Waals surface area contributed by atoms with Gasteiger partial charge in [0.1, 0.15) is 5.82 Å². The molecule has 8 nitrogen and oxygen atoms in total. The monoisotopic (exact) mass is 467 g/mol. The molecule has 2 aromatic heterocycles. The number of hydrogen-bond donors (Lipinski definition) is 0. The Bertz CT molecular complexity index is 1090. The van der Waals surface area contributed by atoms with Crippen molar-refractivity contribution in [3.8, 4) is 5.69 Å². The molecule has 1 aliphatic heterocycles. The standard InChI is InChI=1S/C24H29N5O3S/c1-17-8-10-20(11-9-17)29-19(3)25-26-24(29)33-15-5-7-22(30)27-12-13-28(18(2)16-27)23(31)21-6-4-14-32-21/h4,6,8-11,14,18H,5,7,12-13,15-16H2,1-3H3. The number of benzene rings is 1. The van der Waals surface area contributed by atoms with E-state index < -0.39 is 0 Å². The van der Waals surface area contributed by atoms with Crippen molar-refractivity contribution < 1.29 is 14.0 Å². The Balaban J connectivity index is 1.25. The van der Waals surface area contributed by atoms with Crippen LogP contribution in [0.1, 0.15) is 41.7 Å². The van der Waals surface area contributed by atoms with Crippen molar-refractivity contribution in [3.05, 3.63) is 59.8 Å². The highest BCUT2D eigenvalue weighted by atomic mass is 32.2. The van der Waals surface area contributed by atoms with Gasteiger partial charge in [-0.05, 0) is 51.5 Å². The van der Waals surface area contributed by atoms with Gasteiger partial charge in [0.05, 0.1) is 6.26 Å². The molecule has 9 heteroatoms. The molecule has 1 aliphatic rings. The number of thioether (sulfide) groups is 1. The van der Waals surface area contributed by atoms with E-state index in [-0.39, 0.29) is 17.9 Å². The third-order valence-corrected chi connectivity index (χ3v) is 6.84. The fourth-order valence-electron chi connectivity index (χ4n) is 4.00. The number of rotatable bonds is 7. The van der Waals surface area contributed by atoms with Gasteiger partial charge in [0.25, 0.3) is 5.91 Å². The summed E-state index contributed by atoms with van der Waals surface area (Å²) >= 11 is 1.61. The third-order valence-electron chi connectivity index (χ3n) is 5.83. The average molecular weight is 468 g/mol. The van der Waals surface area contributed by atoms with Crippen LogP contribution in [0.5, 0.6) is 0 Å². The number of hydrogen-bond acceptors (Lipinski definition) is 6. The van der Waals surface area contributed by atoms with Gasteiger partial charge in [-0.3, -0.25) is 14.2 Å². The third kappa shape index (κ3) is 5.30. The summed E-state index contributed by atoms with van der Waals surface area (Å²) in [4.78, 5) is 28.9. The first kappa shape index (κ1) is 23.1. The van der Waals surface area contributed by atoms with E-state index >= 15 is 0 Å². The highest BCUT2D eigenvalue weighted by molar-refractivity contribution is 7.99. The van der Waals surface area contributed by atoms with Crippen molar-refractivity contribution in [1.29, 1.82) is 0 Å². The Morgan fingerprint density at radius 2 is 1.91 bits per heavy atom. The number of aromatic nitrogens is 3. The molecular weight excluding hydrogens is 438 g/mol. The summed E-state index contributed by atoms with van der Waals surface area (Å²) in [6.07, 6.45) is 2.73. The first-order valence-corrected chi connectivity index (χ1v) is 12.2. The summed E-state index contributed by atoms with van der Waals surface area (Å²) in [5, 5.41) is 9.38. The minimum atomic E-state index is -0.121. The van der Waals surface area contributed by atoms with Crippen LogP contribution in [0, 0.1) is 13.8 Å². The predicted octanol–water partition coefficient (Wildman–Crippen LogP) is 3.72. The van der Waals surface area contributed by atoms with Crippen molar-refractivity contribution in [2.75, 3.05) is 25.4 Å². The largest absolute Gasteiger partial charge is 0.459 e. The lowest BCUT2D eigenvalue weighted by molar-refractivity contribution is -0.133. The minimum absolute atomic E-state index is 0.0503. The summed E-state index contributed by atoms with van der Waals surface area (Å²) in [5.41, 5.74) is 2.25. The molecule has 0 spiro atoms. The molecule has 1 atom stereocenters. The zero-order valence-electron chi connectivity index (χ0n) is 19.2. The lowest BCUT2D eigenvalue weighted by atomic mass is 10.1. The van der Waals surface area contributed by atoms with Crippen LogP contribution in [0.25, 0.3) is 5.69 Å². The Kier molecular flexibility index (Phi) is 7.17. The van der Waals surface area contributed by atoms with Gasteiger partial charge in [-0.15, -0.1) is 10.2 Å². The molecule has 0 radical (unpaired) electrons. The maximum absolute atomic E-state index is 12.7. The number of piperazine rings is 1. The number of aryl methyl sites for hydroxylation is 2. The molecule has 0 bridgehead atoms. The Morgan fingerprint density at radius 3 is 2.61 bits per heavy atom. The number of furan rings is 1. The van der Waals surface area contributed by atoms with Crippen LogP contribution in [0.3, 0.4) is 0 Å². The molecular formula is C24H29N5O3S. The SMILES string of the molecule is Cc1ccc(-n2c(C)nnc2SCCCC(=O)N2CCN(C(=O)c3ccco3)C(C)C2)cc1. The first-order valence-electron chi connectivity index (χ1n) is 11.2. The van der Waals surface area contributed by atoms with E-state index in [2.05, 4.69) is 41.4 Å². The molecule has 3 aromatic rings. The molecule has 1 saturated heterocycles. The molecule has 33 heavy (non-hydrogen) atoms. The maximum atomic E-state index is 12.7. The van der Waals surface area contributed by atoms with Gasteiger partial charge in [-0.2, -0.15) is 0 Å². The molecule has 0 N–H and O–H groups in total. The normalized spacial score (nSPS) is 16.3. The van der Waals surface area contributed by atoms with Gasteiger partial charge in [0, 0.05) is 43.5 Å². The molecule has 2 amide bonds.